The third-order valence-electron chi connectivity index (χ3n) is 2.73. The first-order valence-corrected chi connectivity index (χ1v) is 7.45. The van der Waals surface area contributed by atoms with Gasteiger partial charge < -0.3 is 15.8 Å². The Labute approximate surface area is 136 Å². The molecule has 0 aliphatic rings. The molecule has 0 bridgehead atoms. The molecule has 0 atom stereocenters. The molecule has 0 fully saturated rings. The van der Waals surface area contributed by atoms with Crippen LogP contribution >= 0.6 is 27.5 Å². The Morgan fingerprint density at radius 2 is 1.95 bits per heavy atom. The quantitative estimate of drug-likeness (QED) is 0.626. The first kappa shape index (κ1) is 15.7. The minimum atomic E-state index is -0.234. The van der Waals surface area contributed by atoms with Crippen LogP contribution in [0.4, 0.5) is 5.69 Å². The fourth-order valence-electron chi connectivity index (χ4n) is 1.67. The number of nitrogen functional groups attached to an aromatic ring is 1. The standard InChI is InChI=1S/C15H14BrClN2O2/c16-13-3-1-2-12(14(13)17)15(20)19-8-9-21-11-6-4-10(18)5-7-11/h1-7H,8-9,18H2,(H,19,20). The molecule has 1 amide bonds. The highest BCUT2D eigenvalue weighted by atomic mass is 79.9. The number of hydrogen-bond donors (Lipinski definition) is 2. The van der Waals surface area contributed by atoms with Crippen molar-refractivity contribution in [1.82, 2.24) is 5.32 Å². The van der Waals surface area contributed by atoms with Crippen molar-refractivity contribution >= 4 is 39.1 Å². The fraction of sp³-hybridized carbons (Fsp3) is 0.133. The van der Waals surface area contributed by atoms with Gasteiger partial charge in [-0.1, -0.05) is 17.7 Å². The molecule has 2 aromatic rings. The van der Waals surface area contributed by atoms with Crippen molar-refractivity contribution in [3.8, 4) is 5.75 Å². The van der Waals surface area contributed by atoms with Crippen molar-refractivity contribution in [2.24, 2.45) is 0 Å². The van der Waals surface area contributed by atoms with E-state index in [0.717, 1.165) is 0 Å². The summed E-state index contributed by atoms with van der Waals surface area (Å²) in [5.74, 6) is 0.473. The molecule has 0 radical (unpaired) electrons. The zero-order valence-corrected chi connectivity index (χ0v) is 13.4. The lowest BCUT2D eigenvalue weighted by Gasteiger charge is -2.09. The summed E-state index contributed by atoms with van der Waals surface area (Å²) >= 11 is 9.35. The molecular weight excluding hydrogens is 356 g/mol. The molecular formula is C15H14BrClN2O2. The normalized spacial score (nSPS) is 10.2. The predicted octanol–water partition coefficient (Wildman–Crippen LogP) is 3.49. The van der Waals surface area contributed by atoms with Gasteiger partial charge in [-0.15, -0.1) is 0 Å². The Balaban J connectivity index is 1.82. The molecule has 0 aliphatic heterocycles. The largest absolute Gasteiger partial charge is 0.492 e. The number of ether oxygens (including phenoxy) is 1. The maximum atomic E-state index is 12.0. The molecule has 3 N–H and O–H groups in total. The monoisotopic (exact) mass is 368 g/mol. The number of rotatable bonds is 5. The smallest absolute Gasteiger partial charge is 0.252 e. The highest BCUT2D eigenvalue weighted by molar-refractivity contribution is 9.10. The summed E-state index contributed by atoms with van der Waals surface area (Å²) in [5, 5.41) is 3.15. The van der Waals surface area contributed by atoms with Crippen LogP contribution in [0.15, 0.2) is 46.9 Å². The molecule has 0 aromatic heterocycles. The summed E-state index contributed by atoms with van der Waals surface area (Å²) in [4.78, 5) is 12.0. The number of carbonyl (C=O) groups is 1. The minimum Gasteiger partial charge on any atom is -0.492 e. The molecule has 0 spiro atoms. The van der Waals surface area contributed by atoms with Crippen molar-refractivity contribution in [3.63, 3.8) is 0 Å². The van der Waals surface area contributed by atoms with Crippen LogP contribution < -0.4 is 15.8 Å². The van der Waals surface area contributed by atoms with Gasteiger partial charge in [0.25, 0.3) is 5.91 Å². The number of nitrogens with two attached hydrogens (primary N) is 1. The van der Waals surface area contributed by atoms with Gasteiger partial charge in [-0.05, 0) is 52.3 Å². The third kappa shape index (κ3) is 4.37. The molecule has 0 saturated heterocycles. The molecule has 0 unspecified atom stereocenters. The first-order valence-electron chi connectivity index (χ1n) is 6.28. The van der Waals surface area contributed by atoms with Crippen molar-refractivity contribution in [2.45, 2.75) is 0 Å². The number of halogens is 2. The van der Waals surface area contributed by atoms with Crippen LogP contribution in [0.5, 0.6) is 5.75 Å². The molecule has 110 valence electrons. The van der Waals surface area contributed by atoms with Gasteiger partial charge in [-0.2, -0.15) is 0 Å². The highest BCUT2D eigenvalue weighted by Gasteiger charge is 2.11. The molecule has 2 aromatic carbocycles. The van der Waals surface area contributed by atoms with Crippen molar-refractivity contribution in [3.05, 3.63) is 57.5 Å². The van der Waals surface area contributed by atoms with E-state index in [1.165, 1.54) is 0 Å². The Morgan fingerprint density at radius 3 is 2.67 bits per heavy atom. The Bertz CT molecular complexity index is 632. The molecule has 21 heavy (non-hydrogen) atoms. The second kappa shape index (κ2) is 7.33. The lowest BCUT2D eigenvalue weighted by atomic mass is 10.2. The topological polar surface area (TPSA) is 64.3 Å². The van der Waals surface area contributed by atoms with Gasteiger partial charge in [0.1, 0.15) is 12.4 Å². The summed E-state index contributed by atoms with van der Waals surface area (Å²) in [6.07, 6.45) is 0. The summed E-state index contributed by atoms with van der Waals surface area (Å²) in [6, 6.07) is 12.3. The van der Waals surface area contributed by atoms with Gasteiger partial charge >= 0.3 is 0 Å². The average molecular weight is 370 g/mol. The molecule has 4 nitrogen and oxygen atoms in total. The van der Waals surface area contributed by atoms with Crippen molar-refractivity contribution in [1.29, 1.82) is 0 Å². The number of anilines is 1. The van der Waals surface area contributed by atoms with E-state index < -0.39 is 0 Å². The minimum absolute atomic E-state index is 0.234. The fourth-order valence-corrected chi connectivity index (χ4v) is 2.25. The van der Waals surface area contributed by atoms with E-state index >= 15 is 0 Å². The number of benzene rings is 2. The average Bonchev–Trinajstić information content (AvgIpc) is 2.48. The van der Waals surface area contributed by atoms with Crippen molar-refractivity contribution in [2.75, 3.05) is 18.9 Å². The highest BCUT2D eigenvalue weighted by Crippen LogP contribution is 2.25. The van der Waals surface area contributed by atoms with Crippen LogP contribution in [0.25, 0.3) is 0 Å². The maximum Gasteiger partial charge on any atom is 0.252 e. The Hall–Kier alpha value is -1.72. The summed E-state index contributed by atoms with van der Waals surface area (Å²) in [5.41, 5.74) is 6.69. The van der Waals surface area contributed by atoms with E-state index in [1.54, 1.807) is 42.5 Å². The van der Waals surface area contributed by atoms with Crippen LogP contribution in [0, 0.1) is 0 Å². The van der Waals surface area contributed by atoms with Crippen molar-refractivity contribution < 1.29 is 9.53 Å². The maximum absolute atomic E-state index is 12.0. The lowest BCUT2D eigenvalue weighted by Crippen LogP contribution is -2.28. The van der Waals surface area contributed by atoms with Gasteiger partial charge in [0, 0.05) is 10.2 Å². The summed E-state index contributed by atoms with van der Waals surface area (Å²) < 4.78 is 6.18. The van der Waals surface area contributed by atoms with Gasteiger partial charge in [0.15, 0.2) is 0 Å². The SMILES string of the molecule is Nc1ccc(OCCNC(=O)c2cccc(Br)c2Cl)cc1. The van der Waals surface area contributed by atoms with E-state index in [0.29, 0.717) is 39.6 Å². The second-order valence-electron chi connectivity index (χ2n) is 4.27. The Kier molecular flexibility index (Phi) is 5.47. The number of nitrogens with one attached hydrogen (secondary N) is 1. The second-order valence-corrected chi connectivity index (χ2v) is 5.51. The predicted molar refractivity (Wildman–Crippen MR) is 87.8 cm³/mol. The summed E-state index contributed by atoms with van der Waals surface area (Å²) in [7, 11) is 0. The molecule has 0 heterocycles. The van der Waals surface area contributed by atoms with Gasteiger partial charge in [0.05, 0.1) is 17.1 Å². The number of carbonyl (C=O) groups excluding carboxylic acids is 1. The zero-order valence-electron chi connectivity index (χ0n) is 11.1. The van der Waals surface area contributed by atoms with Gasteiger partial charge in [0.2, 0.25) is 0 Å². The summed E-state index contributed by atoms with van der Waals surface area (Å²) in [6.45, 7) is 0.743. The van der Waals surface area contributed by atoms with Crippen LogP contribution in [0.2, 0.25) is 5.02 Å². The zero-order chi connectivity index (χ0) is 15.2. The molecule has 6 heteroatoms. The van der Waals surface area contributed by atoms with E-state index in [9.17, 15) is 4.79 Å². The number of hydrogen-bond acceptors (Lipinski definition) is 3. The van der Waals surface area contributed by atoms with E-state index in [2.05, 4.69) is 21.2 Å². The lowest BCUT2D eigenvalue weighted by molar-refractivity contribution is 0.0947. The van der Waals surface area contributed by atoms with E-state index in [4.69, 9.17) is 22.1 Å². The van der Waals surface area contributed by atoms with Crippen LogP contribution in [-0.4, -0.2) is 19.1 Å². The Morgan fingerprint density at radius 1 is 1.24 bits per heavy atom. The van der Waals surface area contributed by atoms with Crippen LogP contribution in [-0.2, 0) is 0 Å². The first-order chi connectivity index (χ1) is 10.1. The molecule has 0 aliphatic carbocycles. The van der Waals surface area contributed by atoms with Gasteiger partial charge in [-0.3, -0.25) is 4.79 Å². The third-order valence-corrected chi connectivity index (χ3v) is 4.03. The van der Waals surface area contributed by atoms with Crippen LogP contribution in [0.1, 0.15) is 10.4 Å². The van der Waals surface area contributed by atoms with Crippen LogP contribution in [0.3, 0.4) is 0 Å². The number of amides is 1. The molecule has 0 saturated carbocycles. The van der Waals surface area contributed by atoms with Gasteiger partial charge in [-0.25, -0.2) is 0 Å². The molecule has 2 rings (SSSR count). The van der Waals surface area contributed by atoms with E-state index in [-0.39, 0.29) is 5.91 Å². The van der Waals surface area contributed by atoms with E-state index in [1.807, 2.05) is 0 Å².